The molecule has 41 heavy (non-hydrogen) atoms. The van der Waals surface area contributed by atoms with E-state index in [1.807, 2.05) is 57.2 Å². The summed E-state index contributed by atoms with van der Waals surface area (Å²) in [6.45, 7) is 13.2. The monoisotopic (exact) mass is 566 g/mol. The van der Waals surface area contributed by atoms with Gasteiger partial charge in [-0.2, -0.15) is 0 Å². The van der Waals surface area contributed by atoms with Crippen molar-refractivity contribution >= 4 is 29.5 Å². The van der Waals surface area contributed by atoms with Gasteiger partial charge in [-0.1, -0.05) is 68.1 Å². The van der Waals surface area contributed by atoms with Crippen molar-refractivity contribution in [2.24, 2.45) is 5.73 Å². The fourth-order valence-corrected chi connectivity index (χ4v) is 4.62. The third kappa shape index (κ3) is 10.6. The van der Waals surface area contributed by atoms with E-state index in [0.717, 1.165) is 36.0 Å². The summed E-state index contributed by atoms with van der Waals surface area (Å²) in [4.78, 5) is 54.5. The average molecular weight is 567 g/mol. The lowest BCUT2D eigenvalue weighted by Gasteiger charge is -2.35. The molecule has 4 N–H and O–H groups in total. The molecule has 224 valence electrons. The number of nitrogens with one attached hydrogen (secondary N) is 2. The summed E-state index contributed by atoms with van der Waals surface area (Å²) in [5, 5.41) is 5.53. The molecule has 0 aliphatic heterocycles. The zero-order chi connectivity index (χ0) is 30.7. The molecule has 0 aromatic heterocycles. The number of primary amides is 1. The fraction of sp³-hybridized carbons (Fsp3) is 0.500. The highest BCUT2D eigenvalue weighted by atomic mass is 16.6. The number of carbonyl (C=O) groups excluding carboxylic acids is 4. The van der Waals surface area contributed by atoms with Crippen LogP contribution in [0.1, 0.15) is 88.1 Å². The summed E-state index contributed by atoms with van der Waals surface area (Å²) in [5.41, 5.74) is 8.70. The van der Waals surface area contributed by atoms with Gasteiger partial charge in [0.05, 0.1) is 6.42 Å². The lowest BCUT2D eigenvalue weighted by molar-refractivity contribution is -0.142. The molecule has 9 nitrogen and oxygen atoms in total. The average Bonchev–Trinajstić information content (AvgIpc) is 2.86. The largest absolute Gasteiger partial charge is 0.444 e. The van der Waals surface area contributed by atoms with Crippen LogP contribution in [0.25, 0.3) is 0 Å². The minimum Gasteiger partial charge on any atom is -0.444 e. The molecule has 0 heterocycles. The van der Waals surface area contributed by atoms with Crippen LogP contribution in [0, 0.1) is 20.8 Å². The Hall–Kier alpha value is -3.88. The molecule has 0 aliphatic rings. The number of benzene rings is 2. The maximum atomic E-state index is 14.2. The lowest BCUT2D eigenvalue weighted by Crippen LogP contribution is -2.53. The molecule has 2 atom stereocenters. The van der Waals surface area contributed by atoms with Gasteiger partial charge >= 0.3 is 6.09 Å². The number of hydrogen-bond acceptors (Lipinski definition) is 5. The van der Waals surface area contributed by atoms with Crippen molar-refractivity contribution in [3.63, 3.8) is 0 Å². The van der Waals surface area contributed by atoms with E-state index < -0.39 is 47.9 Å². The predicted octanol–water partition coefficient (Wildman–Crippen LogP) is 5.47. The molecule has 9 heteroatoms. The van der Waals surface area contributed by atoms with Gasteiger partial charge in [0.1, 0.15) is 17.7 Å². The van der Waals surface area contributed by atoms with E-state index in [-0.39, 0.29) is 6.54 Å². The summed E-state index contributed by atoms with van der Waals surface area (Å²) >= 11 is 0. The van der Waals surface area contributed by atoms with Crippen LogP contribution in [0.5, 0.6) is 0 Å². The summed E-state index contributed by atoms with van der Waals surface area (Å²) in [6.07, 6.45) is 2.14. The Morgan fingerprint density at radius 1 is 0.951 bits per heavy atom. The van der Waals surface area contributed by atoms with Crippen molar-refractivity contribution in [2.75, 3.05) is 11.9 Å². The first-order chi connectivity index (χ1) is 19.2. The smallest absolute Gasteiger partial charge is 0.408 e. The SMILES string of the molecule is CCCCCCN(C(=O)C(CC(N)=O)NC(=O)OC(C)(C)C)C(C(=O)Nc1ccccc1C)c1ccc(C)cc1C. The molecule has 0 fully saturated rings. The highest BCUT2D eigenvalue weighted by molar-refractivity contribution is 6.00. The van der Waals surface area contributed by atoms with Crippen molar-refractivity contribution in [1.29, 1.82) is 0 Å². The maximum Gasteiger partial charge on any atom is 0.408 e. The molecule has 2 aromatic rings. The standard InChI is InChI=1S/C32H46N4O5/c1-8-9-10-13-18-36(30(39)26(20-27(33)37)35-31(40)41-32(5,6)7)28(24-17-16-21(2)19-23(24)4)29(38)34-25-15-12-11-14-22(25)3/h11-12,14-17,19,26,28H,8-10,13,18,20H2,1-7H3,(H2,33,37)(H,34,38)(H,35,40). The number of ether oxygens (including phenoxy) is 1. The Kier molecular flexibility index (Phi) is 12.4. The first-order valence-electron chi connectivity index (χ1n) is 14.3. The van der Waals surface area contributed by atoms with Gasteiger partial charge in [-0.05, 0) is 70.7 Å². The first kappa shape index (κ1) is 33.3. The third-order valence-corrected chi connectivity index (χ3v) is 6.61. The number of nitrogens with zero attached hydrogens (tertiary/aromatic N) is 1. The number of carbonyl (C=O) groups is 4. The van der Waals surface area contributed by atoms with Crippen LogP contribution in [0.4, 0.5) is 10.5 Å². The second-order valence-corrected chi connectivity index (χ2v) is 11.5. The molecule has 0 saturated carbocycles. The number of anilines is 1. The Labute approximate surface area is 244 Å². The first-order valence-corrected chi connectivity index (χ1v) is 14.3. The number of hydrogen-bond donors (Lipinski definition) is 3. The topological polar surface area (TPSA) is 131 Å². The van der Waals surface area contributed by atoms with E-state index in [1.54, 1.807) is 26.8 Å². The van der Waals surface area contributed by atoms with E-state index in [2.05, 4.69) is 17.6 Å². The van der Waals surface area contributed by atoms with Crippen LogP contribution in [-0.2, 0) is 19.1 Å². The Morgan fingerprint density at radius 2 is 1.63 bits per heavy atom. The van der Waals surface area contributed by atoms with Crippen molar-refractivity contribution in [1.82, 2.24) is 10.2 Å². The van der Waals surface area contributed by atoms with Gasteiger partial charge in [-0.3, -0.25) is 14.4 Å². The zero-order valence-corrected chi connectivity index (χ0v) is 25.5. The minimum absolute atomic E-state index is 0.239. The second-order valence-electron chi connectivity index (χ2n) is 11.5. The van der Waals surface area contributed by atoms with E-state index in [4.69, 9.17) is 10.5 Å². The van der Waals surface area contributed by atoms with Crippen molar-refractivity contribution < 1.29 is 23.9 Å². The summed E-state index contributed by atoms with van der Waals surface area (Å²) in [5.74, 6) is -1.75. The quantitative estimate of drug-likeness (QED) is 0.277. The number of para-hydroxylation sites is 1. The molecule has 4 amide bonds. The van der Waals surface area contributed by atoms with Gasteiger partial charge in [-0.15, -0.1) is 0 Å². The van der Waals surface area contributed by atoms with Crippen molar-refractivity contribution in [3.05, 3.63) is 64.7 Å². The van der Waals surface area contributed by atoms with Crippen LogP contribution in [0.15, 0.2) is 42.5 Å². The Balaban J connectivity index is 2.60. The van der Waals surface area contributed by atoms with Crippen molar-refractivity contribution in [2.45, 2.75) is 98.3 Å². The second kappa shape index (κ2) is 15.2. The number of rotatable bonds is 13. The minimum atomic E-state index is -1.31. The summed E-state index contributed by atoms with van der Waals surface area (Å²) < 4.78 is 5.36. The number of aryl methyl sites for hydroxylation is 3. The molecular weight excluding hydrogens is 520 g/mol. The van der Waals surface area contributed by atoms with E-state index >= 15 is 0 Å². The summed E-state index contributed by atoms with van der Waals surface area (Å²) in [7, 11) is 0. The lowest BCUT2D eigenvalue weighted by atomic mass is 9.95. The van der Waals surface area contributed by atoms with Crippen molar-refractivity contribution in [3.8, 4) is 0 Å². The maximum absolute atomic E-state index is 14.2. The van der Waals surface area contributed by atoms with Gasteiger partial charge in [0, 0.05) is 12.2 Å². The van der Waals surface area contributed by atoms with Gasteiger partial charge in [-0.25, -0.2) is 4.79 Å². The van der Waals surface area contributed by atoms with Gasteiger partial charge in [0.2, 0.25) is 11.8 Å². The number of amides is 4. The van der Waals surface area contributed by atoms with Crippen LogP contribution < -0.4 is 16.4 Å². The molecule has 2 aromatic carbocycles. The fourth-order valence-electron chi connectivity index (χ4n) is 4.62. The van der Waals surface area contributed by atoms with Gasteiger partial charge in [0.15, 0.2) is 0 Å². The normalized spacial score (nSPS) is 12.7. The third-order valence-electron chi connectivity index (χ3n) is 6.61. The van der Waals surface area contributed by atoms with Crippen LogP contribution in [0.2, 0.25) is 0 Å². The Morgan fingerprint density at radius 3 is 2.22 bits per heavy atom. The molecular formula is C32H46N4O5. The van der Waals surface area contributed by atoms with Gasteiger partial charge in [0.25, 0.3) is 5.91 Å². The molecule has 0 saturated heterocycles. The Bertz CT molecular complexity index is 1220. The van der Waals surface area contributed by atoms with Crippen LogP contribution in [0.3, 0.4) is 0 Å². The van der Waals surface area contributed by atoms with Gasteiger partial charge < -0.3 is 26.0 Å². The molecule has 2 rings (SSSR count). The van der Waals surface area contributed by atoms with E-state index in [9.17, 15) is 19.2 Å². The zero-order valence-electron chi connectivity index (χ0n) is 25.5. The van der Waals surface area contributed by atoms with Crippen LogP contribution in [-0.4, -0.2) is 46.9 Å². The van der Waals surface area contributed by atoms with Crippen LogP contribution >= 0.6 is 0 Å². The highest BCUT2D eigenvalue weighted by Crippen LogP contribution is 2.29. The number of nitrogens with two attached hydrogens (primary N) is 1. The molecule has 0 aliphatic carbocycles. The number of alkyl carbamates (subject to hydrolysis) is 1. The predicted molar refractivity (Wildman–Crippen MR) is 161 cm³/mol. The van der Waals surface area contributed by atoms with E-state index in [1.165, 1.54) is 4.90 Å². The van der Waals surface area contributed by atoms with E-state index in [0.29, 0.717) is 17.7 Å². The molecule has 2 unspecified atom stereocenters. The summed E-state index contributed by atoms with van der Waals surface area (Å²) in [6, 6.07) is 10.8. The molecule has 0 spiro atoms. The molecule has 0 radical (unpaired) electrons. The molecule has 0 bridgehead atoms. The highest BCUT2D eigenvalue weighted by Gasteiger charge is 2.37. The number of unbranched alkanes of at least 4 members (excludes halogenated alkanes) is 3.